The van der Waals surface area contributed by atoms with Crippen molar-refractivity contribution in [2.24, 2.45) is 5.73 Å². The number of hydrogen-bond donors (Lipinski definition) is 2. The van der Waals surface area contributed by atoms with Crippen LogP contribution in [0.5, 0.6) is 0 Å². The lowest BCUT2D eigenvalue weighted by Gasteiger charge is -2.54. The van der Waals surface area contributed by atoms with Crippen molar-refractivity contribution in [1.29, 1.82) is 0 Å². The van der Waals surface area contributed by atoms with Gasteiger partial charge in [-0.15, -0.1) is 0 Å². The van der Waals surface area contributed by atoms with Crippen LogP contribution in [0, 0.1) is 0 Å². The molecule has 0 radical (unpaired) electrons. The minimum atomic E-state index is -3.65. The number of rotatable bonds is 9. The fraction of sp³-hybridized carbons (Fsp3) is 0.625. The molecular formula is C24H34N6O4S. The van der Waals surface area contributed by atoms with Crippen LogP contribution in [0.1, 0.15) is 67.1 Å². The van der Waals surface area contributed by atoms with Gasteiger partial charge in [-0.2, -0.15) is 0 Å². The molecule has 2 aromatic rings. The number of anilines is 1. The van der Waals surface area contributed by atoms with Gasteiger partial charge in [0, 0.05) is 43.9 Å². The number of carbonyl (C=O) groups is 1. The lowest BCUT2D eigenvalue weighted by molar-refractivity contribution is 0.0128. The molecule has 6 rings (SSSR count). The standard InChI is InChI=1S/C24H34N6O4S/c1-29(11-3-10-25)22-7-6-19(15-26-22)35(32,33)24-9-8-17(12-18(14-24)30(24)2)27-23(31)20-13-21(34-28-20)16-4-5-16/h6-7,13,15-18H,3-5,8-12,14,25H2,1-2H3,(H,27,31). The Balaban J connectivity index is 1.27. The second-order valence-electron chi connectivity index (χ2n) is 10.2. The molecule has 11 heteroatoms. The molecule has 2 aliphatic carbocycles. The Morgan fingerprint density at radius 3 is 2.80 bits per heavy atom. The molecule has 4 fully saturated rings. The number of nitrogens with zero attached hydrogens (tertiary/aromatic N) is 4. The van der Waals surface area contributed by atoms with Crippen LogP contribution < -0.4 is 16.0 Å². The number of hydrogen-bond acceptors (Lipinski definition) is 9. The lowest BCUT2D eigenvalue weighted by atomic mass is 9.91. The smallest absolute Gasteiger partial charge is 0.273 e. The highest BCUT2D eigenvalue weighted by Gasteiger charge is 2.60. The van der Waals surface area contributed by atoms with Gasteiger partial charge in [-0.3, -0.25) is 9.69 Å². The largest absolute Gasteiger partial charge is 0.360 e. The average molecular weight is 503 g/mol. The molecule has 2 bridgehead atoms. The molecule has 4 heterocycles. The highest BCUT2D eigenvalue weighted by atomic mass is 32.2. The quantitative estimate of drug-likeness (QED) is 0.527. The van der Waals surface area contributed by atoms with Gasteiger partial charge in [-0.1, -0.05) is 5.16 Å². The number of nitrogens with one attached hydrogen (secondary N) is 1. The first-order valence-corrected chi connectivity index (χ1v) is 13.9. The van der Waals surface area contributed by atoms with Crippen LogP contribution in [-0.2, 0) is 9.84 Å². The number of nitrogens with two attached hydrogens (primary N) is 1. The van der Waals surface area contributed by atoms with Gasteiger partial charge < -0.3 is 20.5 Å². The summed E-state index contributed by atoms with van der Waals surface area (Å²) >= 11 is 0. The number of fused-ring (bicyclic) bond motifs is 3. The third-order valence-electron chi connectivity index (χ3n) is 7.88. The second kappa shape index (κ2) is 9.18. The summed E-state index contributed by atoms with van der Waals surface area (Å²) in [6, 6.07) is 5.10. The summed E-state index contributed by atoms with van der Waals surface area (Å²) in [5, 5.41) is 6.99. The molecule has 2 saturated carbocycles. The van der Waals surface area contributed by atoms with Gasteiger partial charge in [0.1, 0.15) is 16.4 Å². The zero-order valence-corrected chi connectivity index (χ0v) is 21.1. The van der Waals surface area contributed by atoms with E-state index in [1.165, 1.54) is 6.20 Å². The maximum Gasteiger partial charge on any atom is 0.273 e. The SMILES string of the molecule is CN(CCCN)c1ccc(S(=O)(=O)C23CCC(NC(=O)c4cc(C5CC5)on4)CC(C2)N3C)cn1. The fourth-order valence-corrected chi connectivity index (χ4v) is 7.64. The van der Waals surface area contributed by atoms with Crippen molar-refractivity contribution >= 4 is 21.6 Å². The second-order valence-corrected chi connectivity index (χ2v) is 12.4. The predicted molar refractivity (Wildman–Crippen MR) is 131 cm³/mol. The molecule has 35 heavy (non-hydrogen) atoms. The van der Waals surface area contributed by atoms with Crippen LogP contribution in [0.2, 0.25) is 0 Å². The first-order valence-electron chi connectivity index (χ1n) is 12.4. The maximum atomic E-state index is 13.8. The average Bonchev–Trinajstić information content (AvgIpc) is 3.64. The molecule has 3 atom stereocenters. The van der Waals surface area contributed by atoms with Crippen LogP contribution >= 0.6 is 0 Å². The van der Waals surface area contributed by atoms with E-state index in [4.69, 9.17) is 10.3 Å². The topological polar surface area (TPSA) is 135 Å². The van der Waals surface area contributed by atoms with Gasteiger partial charge in [-0.05, 0) is 70.7 Å². The Bertz CT molecular complexity index is 1180. The third kappa shape index (κ3) is 4.34. The summed E-state index contributed by atoms with van der Waals surface area (Å²) in [4.78, 5) is 20.4. The number of amides is 1. The Morgan fingerprint density at radius 1 is 1.34 bits per heavy atom. The van der Waals surface area contributed by atoms with Gasteiger partial charge in [0.15, 0.2) is 15.5 Å². The van der Waals surface area contributed by atoms with E-state index in [1.807, 2.05) is 23.9 Å². The summed E-state index contributed by atoms with van der Waals surface area (Å²) in [7, 11) is 0.144. The van der Waals surface area contributed by atoms with E-state index >= 15 is 0 Å². The minimum Gasteiger partial charge on any atom is -0.360 e. The van der Waals surface area contributed by atoms with Crippen LogP contribution in [0.15, 0.2) is 33.8 Å². The van der Waals surface area contributed by atoms with Gasteiger partial charge >= 0.3 is 0 Å². The van der Waals surface area contributed by atoms with Crippen LogP contribution in [0.25, 0.3) is 0 Å². The van der Waals surface area contributed by atoms with Crippen molar-refractivity contribution in [3.8, 4) is 0 Å². The Morgan fingerprint density at radius 2 is 2.14 bits per heavy atom. The molecule has 0 spiro atoms. The molecule has 1 amide bonds. The van der Waals surface area contributed by atoms with Crippen molar-refractivity contribution in [1.82, 2.24) is 20.4 Å². The molecule has 2 aromatic heterocycles. The molecule has 3 N–H and O–H groups in total. The first kappa shape index (κ1) is 24.2. The van der Waals surface area contributed by atoms with Gasteiger partial charge in [0.2, 0.25) is 0 Å². The zero-order chi connectivity index (χ0) is 24.8. The van der Waals surface area contributed by atoms with Crippen molar-refractivity contribution < 1.29 is 17.7 Å². The van der Waals surface area contributed by atoms with Crippen molar-refractivity contribution in [2.75, 3.05) is 32.1 Å². The molecule has 4 aliphatic rings. The highest BCUT2D eigenvalue weighted by molar-refractivity contribution is 7.92. The number of sulfone groups is 1. The lowest BCUT2D eigenvalue weighted by Crippen LogP contribution is -2.66. The number of pyridine rings is 1. The van der Waals surface area contributed by atoms with E-state index in [9.17, 15) is 13.2 Å². The molecule has 10 nitrogen and oxygen atoms in total. The molecule has 2 saturated heterocycles. The Hall–Kier alpha value is -2.50. The van der Waals surface area contributed by atoms with Gasteiger partial charge in [0.05, 0.1) is 4.90 Å². The summed E-state index contributed by atoms with van der Waals surface area (Å²) in [5.74, 6) is 1.62. The number of aromatic nitrogens is 2. The third-order valence-corrected chi connectivity index (χ3v) is 10.4. The summed E-state index contributed by atoms with van der Waals surface area (Å²) < 4.78 is 32.8. The molecule has 3 unspecified atom stereocenters. The highest BCUT2D eigenvalue weighted by Crippen LogP contribution is 2.50. The summed E-state index contributed by atoms with van der Waals surface area (Å²) in [6.07, 6.45) is 6.72. The summed E-state index contributed by atoms with van der Waals surface area (Å²) in [6.45, 7) is 1.35. The normalized spacial score (nSPS) is 26.6. The van der Waals surface area contributed by atoms with Gasteiger partial charge in [0.25, 0.3) is 5.91 Å². The van der Waals surface area contributed by atoms with E-state index in [0.29, 0.717) is 43.8 Å². The summed E-state index contributed by atoms with van der Waals surface area (Å²) in [5.41, 5.74) is 5.88. The zero-order valence-electron chi connectivity index (χ0n) is 20.3. The van der Waals surface area contributed by atoms with Gasteiger partial charge in [-0.25, -0.2) is 13.4 Å². The van der Waals surface area contributed by atoms with Crippen molar-refractivity contribution in [2.45, 2.75) is 72.7 Å². The molecular weight excluding hydrogens is 468 g/mol. The maximum absolute atomic E-state index is 13.8. The Kier molecular flexibility index (Phi) is 6.35. The Labute approximate surface area is 206 Å². The fourth-order valence-electron chi connectivity index (χ4n) is 5.44. The van der Waals surface area contributed by atoms with E-state index in [2.05, 4.69) is 15.5 Å². The van der Waals surface area contributed by atoms with E-state index < -0.39 is 14.7 Å². The predicted octanol–water partition coefficient (Wildman–Crippen LogP) is 1.89. The monoisotopic (exact) mass is 502 g/mol. The van der Waals surface area contributed by atoms with E-state index in [0.717, 1.165) is 37.4 Å². The molecule has 2 aliphatic heterocycles. The van der Waals surface area contributed by atoms with Crippen LogP contribution in [0.3, 0.4) is 0 Å². The molecule has 190 valence electrons. The van der Waals surface area contributed by atoms with E-state index in [-0.39, 0.29) is 22.9 Å². The minimum absolute atomic E-state index is 0.0894. The van der Waals surface area contributed by atoms with E-state index in [1.54, 1.807) is 18.2 Å². The molecule has 0 aromatic carbocycles. The number of carbonyl (C=O) groups excluding carboxylic acids is 1. The van der Waals surface area contributed by atoms with Crippen LogP contribution in [0.4, 0.5) is 5.82 Å². The van der Waals surface area contributed by atoms with Crippen molar-refractivity contribution in [3.63, 3.8) is 0 Å². The van der Waals surface area contributed by atoms with Crippen molar-refractivity contribution in [3.05, 3.63) is 35.9 Å². The van der Waals surface area contributed by atoms with Crippen LogP contribution in [-0.4, -0.2) is 73.5 Å². The first-order chi connectivity index (χ1) is 16.7.